The average molecular weight is 345 g/mol. The lowest BCUT2D eigenvalue weighted by Crippen LogP contribution is -2.17. The van der Waals surface area contributed by atoms with Gasteiger partial charge in [-0.15, -0.1) is 0 Å². The number of aromatic nitrogens is 1. The Labute approximate surface area is 152 Å². The van der Waals surface area contributed by atoms with Gasteiger partial charge in [0.1, 0.15) is 12.4 Å². The molecule has 130 valence electrons. The van der Waals surface area contributed by atoms with E-state index in [2.05, 4.69) is 34.6 Å². The summed E-state index contributed by atoms with van der Waals surface area (Å²) in [4.78, 5) is 15.8. The van der Waals surface area contributed by atoms with Crippen LogP contribution >= 0.6 is 0 Å². The molecule has 0 unspecified atom stereocenters. The van der Waals surface area contributed by atoms with Crippen molar-refractivity contribution in [2.45, 2.75) is 13.5 Å². The van der Waals surface area contributed by atoms with E-state index < -0.39 is 0 Å². The van der Waals surface area contributed by atoms with E-state index in [-0.39, 0.29) is 5.91 Å². The predicted octanol–water partition coefficient (Wildman–Crippen LogP) is 3.73. The fourth-order valence-electron chi connectivity index (χ4n) is 2.35. The number of hydrazone groups is 1. The van der Waals surface area contributed by atoms with Crippen molar-refractivity contribution in [3.63, 3.8) is 0 Å². The van der Waals surface area contributed by atoms with E-state index in [4.69, 9.17) is 4.74 Å². The van der Waals surface area contributed by atoms with Gasteiger partial charge in [-0.3, -0.25) is 9.78 Å². The van der Waals surface area contributed by atoms with Crippen molar-refractivity contribution in [1.82, 2.24) is 10.4 Å². The smallest absolute Gasteiger partial charge is 0.271 e. The molecule has 1 N–H and O–H groups in total. The summed E-state index contributed by atoms with van der Waals surface area (Å²) in [7, 11) is 0. The van der Waals surface area contributed by atoms with Crippen molar-refractivity contribution in [2.75, 3.05) is 0 Å². The van der Waals surface area contributed by atoms with E-state index in [0.717, 1.165) is 16.9 Å². The van der Waals surface area contributed by atoms with E-state index in [1.807, 2.05) is 36.4 Å². The zero-order chi connectivity index (χ0) is 18.2. The molecule has 5 heteroatoms. The van der Waals surface area contributed by atoms with E-state index in [0.29, 0.717) is 12.2 Å². The molecule has 1 heterocycles. The first-order valence-electron chi connectivity index (χ1n) is 8.23. The topological polar surface area (TPSA) is 63.6 Å². The fraction of sp³-hybridized carbons (Fsp3) is 0.0952. The lowest BCUT2D eigenvalue weighted by molar-refractivity contribution is 0.0955. The third-order valence-corrected chi connectivity index (χ3v) is 3.84. The zero-order valence-corrected chi connectivity index (χ0v) is 14.4. The highest BCUT2D eigenvalue weighted by Gasteiger charge is 2.02. The van der Waals surface area contributed by atoms with Crippen molar-refractivity contribution in [2.24, 2.45) is 5.10 Å². The molecule has 5 nitrogen and oxygen atoms in total. The molecule has 0 fully saturated rings. The Kier molecular flexibility index (Phi) is 5.72. The summed E-state index contributed by atoms with van der Waals surface area (Å²) in [6.07, 6.45) is 4.71. The molecule has 0 aliphatic rings. The van der Waals surface area contributed by atoms with Crippen LogP contribution in [0.2, 0.25) is 0 Å². The van der Waals surface area contributed by atoms with Gasteiger partial charge in [0.25, 0.3) is 5.91 Å². The second-order valence-electron chi connectivity index (χ2n) is 5.72. The first-order valence-corrected chi connectivity index (χ1v) is 8.23. The summed E-state index contributed by atoms with van der Waals surface area (Å²) in [5, 5.41) is 3.99. The molecule has 0 aliphatic carbocycles. The lowest BCUT2D eigenvalue weighted by atomic mass is 10.1. The molecule has 2 aromatic carbocycles. The molecule has 0 radical (unpaired) electrons. The van der Waals surface area contributed by atoms with Crippen LogP contribution in [-0.2, 0) is 6.61 Å². The number of benzene rings is 2. The monoisotopic (exact) mass is 345 g/mol. The first-order chi connectivity index (χ1) is 12.7. The van der Waals surface area contributed by atoms with Gasteiger partial charge in [0, 0.05) is 18.0 Å². The van der Waals surface area contributed by atoms with Gasteiger partial charge in [-0.25, -0.2) is 5.43 Å². The van der Waals surface area contributed by atoms with Gasteiger partial charge in [0.2, 0.25) is 0 Å². The predicted molar refractivity (Wildman–Crippen MR) is 101 cm³/mol. The molecular weight excluding hydrogens is 326 g/mol. The van der Waals surface area contributed by atoms with Crippen LogP contribution in [0, 0.1) is 6.92 Å². The third kappa shape index (κ3) is 4.77. The standard InChI is InChI=1S/C21H19N3O2/c1-16-5-2-3-7-19(16)15-26-20-8-4-6-17(13-20)14-23-24-21(25)18-9-11-22-12-10-18/h2-14H,15H2,1H3,(H,24,25)/b23-14-. The summed E-state index contributed by atoms with van der Waals surface area (Å²) in [5.41, 5.74) is 6.18. The Morgan fingerprint density at radius 2 is 1.92 bits per heavy atom. The highest BCUT2D eigenvalue weighted by Crippen LogP contribution is 2.15. The number of nitrogens with one attached hydrogen (secondary N) is 1. The second-order valence-corrected chi connectivity index (χ2v) is 5.72. The highest BCUT2D eigenvalue weighted by atomic mass is 16.5. The number of ether oxygens (including phenoxy) is 1. The number of aryl methyl sites for hydroxylation is 1. The maximum absolute atomic E-state index is 11.9. The van der Waals surface area contributed by atoms with Crippen LogP contribution in [0.1, 0.15) is 27.0 Å². The van der Waals surface area contributed by atoms with Crippen molar-refractivity contribution in [1.29, 1.82) is 0 Å². The normalized spacial score (nSPS) is 10.7. The van der Waals surface area contributed by atoms with Gasteiger partial charge < -0.3 is 4.74 Å². The molecule has 26 heavy (non-hydrogen) atoms. The lowest BCUT2D eigenvalue weighted by Gasteiger charge is -2.09. The Hall–Kier alpha value is -3.47. The molecule has 0 spiro atoms. The number of carbonyl (C=O) groups is 1. The summed E-state index contributed by atoms with van der Waals surface area (Å²) < 4.78 is 5.85. The molecule has 0 saturated carbocycles. The van der Waals surface area contributed by atoms with Crippen LogP contribution < -0.4 is 10.2 Å². The average Bonchev–Trinajstić information content (AvgIpc) is 2.68. The number of nitrogens with zero attached hydrogens (tertiary/aromatic N) is 2. The van der Waals surface area contributed by atoms with Gasteiger partial charge in [0.05, 0.1) is 6.21 Å². The van der Waals surface area contributed by atoms with Gasteiger partial charge in [-0.05, 0) is 47.9 Å². The Bertz CT molecular complexity index is 908. The highest BCUT2D eigenvalue weighted by molar-refractivity contribution is 5.94. The molecule has 0 aliphatic heterocycles. The van der Waals surface area contributed by atoms with Gasteiger partial charge in [-0.1, -0.05) is 36.4 Å². The largest absolute Gasteiger partial charge is 0.489 e. The Morgan fingerprint density at radius 1 is 1.12 bits per heavy atom. The Morgan fingerprint density at radius 3 is 2.73 bits per heavy atom. The maximum atomic E-state index is 11.9. The van der Waals surface area contributed by atoms with Crippen molar-refractivity contribution >= 4 is 12.1 Å². The number of amides is 1. The molecular formula is C21H19N3O2. The zero-order valence-electron chi connectivity index (χ0n) is 14.4. The van der Waals surface area contributed by atoms with E-state index in [9.17, 15) is 4.79 Å². The molecule has 1 aromatic heterocycles. The van der Waals surface area contributed by atoms with Crippen molar-refractivity contribution in [3.05, 3.63) is 95.3 Å². The van der Waals surface area contributed by atoms with E-state index in [1.165, 1.54) is 5.56 Å². The number of pyridine rings is 1. The summed E-state index contributed by atoms with van der Waals surface area (Å²) in [6, 6.07) is 18.9. The fourth-order valence-corrected chi connectivity index (χ4v) is 2.35. The molecule has 3 aromatic rings. The first kappa shape index (κ1) is 17.4. The molecule has 0 saturated heterocycles. The van der Waals surface area contributed by atoms with Crippen molar-refractivity contribution < 1.29 is 9.53 Å². The minimum atomic E-state index is -0.282. The summed E-state index contributed by atoms with van der Waals surface area (Å²) in [6.45, 7) is 2.57. The molecule has 1 amide bonds. The van der Waals surface area contributed by atoms with E-state index >= 15 is 0 Å². The van der Waals surface area contributed by atoms with Gasteiger partial charge >= 0.3 is 0 Å². The summed E-state index contributed by atoms with van der Waals surface area (Å²) in [5.74, 6) is 0.466. The third-order valence-electron chi connectivity index (χ3n) is 3.84. The van der Waals surface area contributed by atoms with Crippen LogP contribution in [0.15, 0.2) is 78.2 Å². The van der Waals surface area contributed by atoms with Crippen LogP contribution in [0.5, 0.6) is 5.75 Å². The Balaban J connectivity index is 1.58. The quantitative estimate of drug-likeness (QED) is 0.547. The van der Waals surface area contributed by atoms with Gasteiger partial charge in [0.15, 0.2) is 0 Å². The van der Waals surface area contributed by atoms with Crippen molar-refractivity contribution in [3.8, 4) is 5.75 Å². The second kappa shape index (κ2) is 8.58. The van der Waals surface area contributed by atoms with E-state index in [1.54, 1.807) is 30.7 Å². The molecule has 3 rings (SSSR count). The van der Waals surface area contributed by atoms with Crippen LogP contribution in [0.4, 0.5) is 0 Å². The number of rotatable bonds is 6. The molecule has 0 bridgehead atoms. The van der Waals surface area contributed by atoms with Crippen LogP contribution in [0.25, 0.3) is 0 Å². The van der Waals surface area contributed by atoms with Crippen LogP contribution in [-0.4, -0.2) is 17.1 Å². The number of hydrogen-bond acceptors (Lipinski definition) is 4. The minimum absolute atomic E-state index is 0.282. The minimum Gasteiger partial charge on any atom is -0.489 e. The maximum Gasteiger partial charge on any atom is 0.271 e. The summed E-state index contributed by atoms with van der Waals surface area (Å²) >= 11 is 0. The van der Waals surface area contributed by atoms with Gasteiger partial charge in [-0.2, -0.15) is 5.10 Å². The number of carbonyl (C=O) groups excluding carboxylic acids is 1. The number of hydrogen-bond donors (Lipinski definition) is 1. The molecule has 0 atom stereocenters. The SMILES string of the molecule is Cc1ccccc1COc1cccc(/C=N\NC(=O)c2ccncc2)c1. The van der Waals surface area contributed by atoms with Crippen LogP contribution in [0.3, 0.4) is 0 Å².